The summed E-state index contributed by atoms with van der Waals surface area (Å²) in [7, 11) is 1.72. The van der Waals surface area contributed by atoms with Crippen LogP contribution >= 0.6 is 0 Å². The van der Waals surface area contributed by atoms with E-state index >= 15 is 0 Å². The molecular formula is C19H29N7O4. The lowest BCUT2D eigenvalue weighted by molar-refractivity contribution is -0.107. The number of hydrogen-bond donors (Lipinski definition) is 4. The van der Waals surface area contributed by atoms with E-state index in [1.54, 1.807) is 18.0 Å². The summed E-state index contributed by atoms with van der Waals surface area (Å²) in [5.41, 5.74) is 11.4. The molecule has 1 aliphatic carbocycles. The van der Waals surface area contributed by atoms with E-state index in [0.717, 1.165) is 12.8 Å². The maximum atomic E-state index is 12.2. The van der Waals surface area contributed by atoms with Gasteiger partial charge in [-0.25, -0.2) is 0 Å². The third-order valence-electron chi connectivity index (χ3n) is 4.29. The fourth-order valence-electron chi connectivity index (χ4n) is 2.68. The minimum Gasteiger partial charge on any atom is -0.459 e. The van der Waals surface area contributed by atoms with Crippen molar-refractivity contribution in [3.63, 3.8) is 0 Å². The minimum atomic E-state index is -0.516. The highest BCUT2D eigenvalue weighted by Gasteiger charge is 2.29. The minimum absolute atomic E-state index is 0.0458. The van der Waals surface area contributed by atoms with Gasteiger partial charge < -0.3 is 25.1 Å². The highest BCUT2D eigenvalue weighted by atomic mass is 16.3. The van der Waals surface area contributed by atoms with E-state index in [2.05, 4.69) is 20.8 Å². The Morgan fingerprint density at radius 2 is 2.13 bits per heavy atom. The molecule has 11 nitrogen and oxygen atoms in total. The first-order valence-corrected chi connectivity index (χ1v) is 9.84. The number of hydrazine groups is 1. The number of nitrogens with one attached hydrogen (secondary N) is 2. The number of carbonyl (C=O) groups excluding carboxylic acids is 2. The molecule has 0 aromatic carbocycles. The number of nitrogen functional groups attached to an aromatic ring is 1. The Hall–Kier alpha value is -3.34. The zero-order valence-electron chi connectivity index (χ0n) is 17.5. The molecule has 2 amide bonds. The van der Waals surface area contributed by atoms with Crippen LogP contribution in [0.3, 0.4) is 0 Å². The van der Waals surface area contributed by atoms with Gasteiger partial charge in [-0.3, -0.25) is 20.4 Å². The number of aliphatic hydroxyl groups is 1. The summed E-state index contributed by atoms with van der Waals surface area (Å²) >= 11 is 0. The average molecular weight is 419 g/mol. The van der Waals surface area contributed by atoms with Crippen LogP contribution in [0, 0.1) is 5.92 Å². The number of nitrogens with zero attached hydrogens (tertiary/aromatic N) is 4. The van der Waals surface area contributed by atoms with E-state index in [4.69, 9.17) is 10.2 Å². The number of amides is 2. The van der Waals surface area contributed by atoms with Gasteiger partial charge in [0, 0.05) is 20.1 Å². The van der Waals surface area contributed by atoms with Crippen molar-refractivity contribution >= 4 is 35.6 Å². The zero-order valence-corrected chi connectivity index (χ0v) is 17.5. The van der Waals surface area contributed by atoms with E-state index in [9.17, 15) is 14.7 Å². The Balaban J connectivity index is 0.00000155. The summed E-state index contributed by atoms with van der Waals surface area (Å²) < 4.78 is 5.05. The van der Waals surface area contributed by atoms with Gasteiger partial charge in [-0.05, 0) is 30.9 Å². The quantitative estimate of drug-likeness (QED) is 0.329. The highest BCUT2D eigenvalue weighted by molar-refractivity contribution is 5.94. The van der Waals surface area contributed by atoms with Crippen molar-refractivity contribution in [3.8, 4) is 0 Å². The maximum absolute atomic E-state index is 12.2. The summed E-state index contributed by atoms with van der Waals surface area (Å²) in [6.07, 6.45) is 4.16. The molecule has 0 aliphatic heterocycles. The third-order valence-corrected chi connectivity index (χ3v) is 4.29. The summed E-state index contributed by atoms with van der Waals surface area (Å²) in [5.74, 6) is 0.487. The molecule has 0 spiro atoms. The number of hydrogen-bond acceptors (Lipinski definition) is 9. The Bertz CT molecular complexity index is 825. The van der Waals surface area contributed by atoms with Crippen molar-refractivity contribution in [2.75, 3.05) is 47.7 Å². The van der Waals surface area contributed by atoms with Gasteiger partial charge in [0.25, 0.3) is 0 Å². The molecule has 1 aliphatic rings. The van der Waals surface area contributed by atoms with Crippen LogP contribution in [0.15, 0.2) is 22.8 Å². The van der Waals surface area contributed by atoms with Crippen molar-refractivity contribution < 1.29 is 19.1 Å². The van der Waals surface area contributed by atoms with Crippen LogP contribution in [0.1, 0.15) is 37.2 Å². The normalized spacial score (nSPS) is 12.4. The molecule has 0 atom stereocenters. The molecule has 2 heterocycles. The molecule has 5 N–H and O–H groups in total. The second kappa shape index (κ2) is 11.0. The second-order valence-corrected chi connectivity index (χ2v) is 6.51. The van der Waals surface area contributed by atoms with Crippen LogP contribution in [0.25, 0.3) is 0 Å². The van der Waals surface area contributed by atoms with E-state index in [0.29, 0.717) is 30.4 Å². The van der Waals surface area contributed by atoms with Gasteiger partial charge in [-0.1, -0.05) is 13.8 Å². The number of aromatic nitrogens is 2. The molecule has 2 aromatic heterocycles. The number of likely N-dealkylation sites (N-methyl/N-ethyl adjacent to an activating group) is 1. The number of rotatable bonds is 10. The van der Waals surface area contributed by atoms with Crippen LogP contribution in [0.4, 0.5) is 23.3 Å². The topological polar surface area (TPSA) is 150 Å². The number of nitrogens with two attached hydrogens (primary N) is 1. The van der Waals surface area contributed by atoms with E-state index in [1.165, 1.54) is 17.2 Å². The molecule has 0 bridgehead atoms. The molecule has 30 heavy (non-hydrogen) atoms. The highest BCUT2D eigenvalue weighted by Crippen LogP contribution is 2.37. The van der Waals surface area contributed by atoms with Gasteiger partial charge in [0.1, 0.15) is 5.69 Å². The molecule has 1 saturated carbocycles. The lowest BCUT2D eigenvalue weighted by Crippen LogP contribution is -2.34. The van der Waals surface area contributed by atoms with E-state index in [-0.39, 0.29) is 30.7 Å². The second-order valence-electron chi connectivity index (χ2n) is 6.51. The van der Waals surface area contributed by atoms with Crippen molar-refractivity contribution in [1.29, 1.82) is 0 Å². The lowest BCUT2D eigenvalue weighted by Gasteiger charge is -2.27. The fourth-order valence-corrected chi connectivity index (χ4v) is 2.68. The Kier molecular flexibility index (Phi) is 8.41. The van der Waals surface area contributed by atoms with Crippen molar-refractivity contribution in [1.82, 2.24) is 15.4 Å². The fraction of sp³-hybridized carbons (Fsp3) is 0.474. The predicted molar refractivity (Wildman–Crippen MR) is 114 cm³/mol. The Morgan fingerprint density at radius 1 is 1.40 bits per heavy atom. The average Bonchev–Trinajstić information content (AvgIpc) is 3.40. The van der Waals surface area contributed by atoms with Crippen LogP contribution in [0.5, 0.6) is 0 Å². The van der Waals surface area contributed by atoms with Gasteiger partial charge in [-0.2, -0.15) is 9.97 Å². The van der Waals surface area contributed by atoms with E-state index in [1.807, 2.05) is 13.8 Å². The number of carbonyl (C=O) groups is 2. The Morgan fingerprint density at radius 3 is 2.70 bits per heavy atom. The van der Waals surface area contributed by atoms with Crippen molar-refractivity contribution in [2.45, 2.75) is 26.7 Å². The first kappa shape index (κ1) is 22.9. The SMILES string of the molecule is CC.CN(CCO)c1nc(N)nc(NNC(=O)c2ccco2)c1N(C=O)CC1CC1. The monoisotopic (exact) mass is 419 g/mol. The summed E-state index contributed by atoms with van der Waals surface area (Å²) in [6.45, 7) is 4.66. The molecule has 3 rings (SSSR count). The third kappa shape index (κ3) is 5.83. The number of aliphatic hydroxyl groups excluding tert-OH is 1. The number of furan rings is 1. The van der Waals surface area contributed by atoms with Crippen molar-refractivity contribution in [2.24, 2.45) is 5.92 Å². The molecule has 2 aromatic rings. The molecule has 0 radical (unpaired) electrons. The molecule has 1 fully saturated rings. The maximum Gasteiger partial charge on any atom is 0.305 e. The van der Waals surface area contributed by atoms with Gasteiger partial charge in [0.2, 0.25) is 12.4 Å². The summed E-state index contributed by atoms with van der Waals surface area (Å²) in [6, 6.07) is 3.10. The molecule has 0 saturated heterocycles. The van der Waals surface area contributed by atoms with Crippen LogP contribution in [-0.4, -0.2) is 54.1 Å². The van der Waals surface area contributed by atoms with E-state index < -0.39 is 5.91 Å². The predicted octanol–water partition coefficient (Wildman–Crippen LogP) is 1.24. The Labute approximate surface area is 175 Å². The zero-order chi connectivity index (χ0) is 22.1. The van der Waals surface area contributed by atoms with Gasteiger partial charge in [-0.15, -0.1) is 0 Å². The molecular weight excluding hydrogens is 390 g/mol. The van der Waals surface area contributed by atoms with Gasteiger partial charge >= 0.3 is 5.91 Å². The first-order valence-electron chi connectivity index (χ1n) is 9.84. The standard InChI is InChI=1S/C17H23N7O4.C2H6/c1-23(6-7-25)15-13(24(10-26)9-11-4-5-11)14(19-17(18)20-15)21-22-16(27)12-3-2-8-28-12;1-2/h2-3,8,10-11,25H,4-7,9H2,1H3,(H,22,27)(H3,18,19,20,21);1-2H3. The van der Waals surface area contributed by atoms with Crippen molar-refractivity contribution in [3.05, 3.63) is 24.2 Å². The number of anilines is 4. The van der Waals surface area contributed by atoms with Crippen LogP contribution in [-0.2, 0) is 4.79 Å². The molecule has 11 heteroatoms. The summed E-state index contributed by atoms with van der Waals surface area (Å²) in [4.78, 5) is 35.5. The largest absolute Gasteiger partial charge is 0.459 e. The van der Waals surface area contributed by atoms with Gasteiger partial charge in [0.05, 0.1) is 12.9 Å². The molecule has 0 unspecified atom stereocenters. The lowest BCUT2D eigenvalue weighted by atomic mass is 10.3. The van der Waals surface area contributed by atoms with Crippen LogP contribution in [0.2, 0.25) is 0 Å². The molecule has 164 valence electrons. The smallest absolute Gasteiger partial charge is 0.305 e. The van der Waals surface area contributed by atoms with Gasteiger partial charge in [0.15, 0.2) is 17.4 Å². The van der Waals surface area contributed by atoms with Crippen LogP contribution < -0.4 is 26.4 Å². The summed E-state index contributed by atoms with van der Waals surface area (Å²) in [5, 5.41) is 9.28. The first-order chi connectivity index (χ1) is 14.5.